The third kappa shape index (κ3) is 6.28. The van der Waals surface area contributed by atoms with E-state index in [9.17, 15) is 9.90 Å². The van der Waals surface area contributed by atoms with Gasteiger partial charge in [-0.05, 0) is 42.3 Å². The summed E-state index contributed by atoms with van der Waals surface area (Å²) >= 11 is 0. The number of oxazole rings is 1. The van der Waals surface area contributed by atoms with E-state index in [1.165, 1.54) is 0 Å². The monoisotopic (exact) mass is 509 g/mol. The molecule has 1 N–H and O–H groups in total. The molecule has 192 valence electrons. The first-order chi connectivity index (χ1) is 18.5. The maximum atomic E-state index is 11.3. The molecule has 0 radical (unpaired) electrons. The summed E-state index contributed by atoms with van der Waals surface area (Å²) in [6, 6.07) is 27.1. The lowest BCUT2D eigenvalue weighted by molar-refractivity contribution is -0.136. The fourth-order valence-electron chi connectivity index (χ4n) is 3.95. The van der Waals surface area contributed by atoms with E-state index in [0.29, 0.717) is 29.6 Å². The standard InChI is InChI=1S/C30H27N3O5/c1-21-27(31-29(38-21)24-10-6-3-7-11-24)20-36-26-14-12-23(13-15-26)19-37-30-25(16-28(34)35)18-33(32-30)17-22-8-4-2-5-9-22/h2-15,18H,16-17,19-20H2,1H3,(H,34,35). The second-order valence-electron chi connectivity index (χ2n) is 8.82. The third-order valence-electron chi connectivity index (χ3n) is 5.92. The lowest BCUT2D eigenvalue weighted by Crippen LogP contribution is -2.03. The number of rotatable bonds is 11. The first-order valence-electron chi connectivity index (χ1n) is 12.2. The number of nitrogens with zero attached hydrogens (tertiary/aromatic N) is 3. The molecule has 0 unspecified atom stereocenters. The minimum atomic E-state index is -0.936. The summed E-state index contributed by atoms with van der Waals surface area (Å²) in [5.74, 6) is 1.37. The van der Waals surface area contributed by atoms with Gasteiger partial charge in [0.25, 0.3) is 0 Å². The topological polar surface area (TPSA) is 99.6 Å². The Morgan fingerprint density at radius 2 is 1.61 bits per heavy atom. The van der Waals surface area contributed by atoms with E-state index in [1.54, 1.807) is 10.9 Å². The van der Waals surface area contributed by atoms with Gasteiger partial charge in [0.15, 0.2) is 0 Å². The van der Waals surface area contributed by atoms with E-state index < -0.39 is 5.97 Å². The van der Waals surface area contributed by atoms with E-state index in [-0.39, 0.29) is 19.6 Å². The van der Waals surface area contributed by atoms with Crippen molar-refractivity contribution in [2.75, 3.05) is 0 Å². The summed E-state index contributed by atoms with van der Waals surface area (Å²) in [5, 5.41) is 13.8. The Bertz CT molecular complexity index is 1490. The highest BCUT2D eigenvalue weighted by Crippen LogP contribution is 2.24. The number of aromatic nitrogens is 3. The van der Waals surface area contributed by atoms with Gasteiger partial charge in [-0.25, -0.2) is 4.98 Å². The summed E-state index contributed by atoms with van der Waals surface area (Å²) in [6.07, 6.45) is 1.56. The minimum Gasteiger partial charge on any atom is -0.487 e. The van der Waals surface area contributed by atoms with Crippen molar-refractivity contribution in [1.29, 1.82) is 0 Å². The molecule has 2 heterocycles. The predicted octanol–water partition coefficient (Wildman–Crippen LogP) is 5.68. The van der Waals surface area contributed by atoms with Gasteiger partial charge in [-0.15, -0.1) is 5.10 Å². The van der Waals surface area contributed by atoms with Gasteiger partial charge in [0.2, 0.25) is 11.8 Å². The molecule has 38 heavy (non-hydrogen) atoms. The minimum absolute atomic E-state index is 0.162. The first kappa shape index (κ1) is 24.8. The molecule has 0 aliphatic heterocycles. The lowest BCUT2D eigenvalue weighted by atomic mass is 10.2. The average molecular weight is 510 g/mol. The molecule has 0 amide bonds. The number of aliphatic carboxylic acids is 1. The van der Waals surface area contributed by atoms with Crippen molar-refractivity contribution >= 4 is 5.97 Å². The number of hydrogen-bond acceptors (Lipinski definition) is 6. The van der Waals surface area contributed by atoms with Crippen LogP contribution in [0.15, 0.2) is 95.5 Å². The Hall–Kier alpha value is -4.85. The van der Waals surface area contributed by atoms with Gasteiger partial charge in [0.05, 0.1) is 13.0 Å². The van der Waals surface area contributed by atoms with Crippen molar-refractivity contribution < 1.29 is 23.8 Å². The number of carboxylic acids is 1. The Morgan fingerprint density at radius 3 is 2.32 bits per heavy atom. The Kier molecular flexibility index (Phi) is 7.49. The highest BCUT2D eigenvalue weighted by atomic mass is 16.5. The van der Waals surface area contributed by atoms with Crippen LogP contribution in [0, 0.1) is 6.92 Å². The smallest absolute Gasteiger partial charge is 0.308 e. The van der Waals surface area contributed by atoms with Gasteiger partial charge in [-0.3, -0.25) is 9.48 Å². The lowest BCUT2D eigenvalue weighted by Gasteiger charge is -2.08. The van der Waals surface area contributed by atoms with Crippen LogP contribution in [0.3, 0.4) is 0 Å². The molecule has 0 saturated carbocycles. The van der Waals surface area contributed by atoms with E-state index in [2.05, 4.69) is 10.1 Å². The molecule has 5 rings (SSSR count). The van der Waals surface area contributed by atoms with Crippen molar-refractivity contribution in [1.82, 2.24) is 14.8 Å². The van der Waals surface area contributed by atoms with E-state index in [0.717, 1.165) is 28.1 Å². The van der Waals surface area contributed by atoms with Gasteiger partial charge in [-0.1, -0.05) is 60.7 Å². The van der Waals surface area contributed by atoms with E-state index in [4.69, 9.17) is 13.9 Å². The molecule has 3 aromatic carbocycles. The molecule has 0 atom stereocenters. The molecular weight excluding hydrogens is 482 g/mol. The molecule has 0 spiro atoms. The Balaban J connectivity index is 1.19. The molecule has 0 fully saturated rings. The quantitative estimate of drug-likeness (QED) is 0.245. The average Bonchev–Trinajstić information content (AvgIpc) is 3.49. The van der Waals surface area contributed by atoms with Crippen LogP contribution in [0.4, 0.5) is 0 Å². The number of carbonyl (C=O) groups is 1. The fraction of sp³-hybridized carbons (Fsp3) is 0.167. The van der Waals surface area contributed by atoms with Crippen LogP contribution in [0.2, 0.25) is 0 Å². The Morgan fingerprint density at radius 1 is 0.895 bits per heavy atom. The number of benzene rings is 3. The van der Waals surface area contributed by atoms with E-state index in [1.807, 2.05) is 91.9 Å². The van der Waals surface area contributed by atoms with Gasteiger partial charge >= 0.3 is 5.97 Å². The van der Waals surface area contributed by atoms with Crippen LogP contribution >= 0.6 is 0 Å². The molecule has 8 nitrogen and oxygen atoms in total. The van der Waals surface area contributed by atoms with Crippen LogP contribution in [-0.2, 0) is 31.0 Å². The van der Waals surface area contributed by atoms with Crippen LogP contribution in [0.1, 0.15) is 28.1 Å². The van der Waals surface area contributed by atoms with Crippen molar-refractivity contribution in [3.63, 3.8) is 0 Å². The van der Waals surface area contributed by atoms with Crippen LogP contribution < -0.4 is 9.47 Å². The number of aryl methyl sites for hydroxylation is 1. The number of carboxylic acid groups (broad SMARTS) is 1. The number of ether oxygens (including phenoxy) is 2. The molecule has 0 aliphatic rings. The molecule has 2 aromatic heterocycles. The van der Waals surface area contributed by atoms with Gasteiger partial charge in [0, 0.05) is 17.3 Å². The van der Waals surface area contributed by atoms with Gasteiger partial charge in [0.1, 0.15) is 30.4 Å². The summed E-state index contributed by atoms with van der Waals surface area (Å²) in [7, 11) is 0. The van der Waals surface area contributed by atoms with E-state index >= 15 is 0 Å². The Labute approximate surface area is 220 Å². The van der Waals surface area contributed by atoms with Crippen molar-refractivity contribution in [3.05, 3.63) is 119 Å². The highest BCUT2D eigenvalue weighted by Gasteiger charge is 2.15. The zero-order chi connectivity index (χ0) is 26.3. The van der Waals surface area contributed by atoms with Crippen molar-refractivity contribution in [3.8, 4) is 23.1 Å². The maximum absolute atomic E-state index is 11.3. The summed E-state index contributed by atoms with van der Waals surface area (Å²) in [4.78, 5) is 15.9. The largest absolute Gasteiger partial charge is 0.487 e. The van der Waals surface area contributed by atoms with Crippen LogP contribution in [0.5, 0.6) is 11.6 Å². The molecule has 0 aliphatic carbocycles. The summed E-state index contributed by atoms with van der Waals surface area (Å²) < 4.78 is 19.3. The van der Waals surface area contributed by atoms with Crippen LogP contribution in [-0.4, -0.2) is 25.8 Å². The molecule has 8 heteroatoms. The number of hydrogen-bond donors (Lipinski definition) is 1. The zero-order valence-electron chi connectivity index (χ0n) is 20.9. The second kappa shape index (κ2) is 11.5. The van der Waals surface area contributed by atoms with Gasteiger partial charge in [-0.2, -0.15) is 0 Å². The van der Waals surface area contributed by atoms with Gasteiger partial charge < -0.3 is 19.0 Å². The van der Waals surface area contributed by atoms with Crippen molar-refractivity contribution in [2.45, 2.75) is 33.1 Å². The molecule has 5 aromatic rings. The fourth-order valence-corrected chi connectivity index (χ4v) is 3.95. The van der Waals surface area contributed by atoms with Crippen molar-refractivity contribution in [2.24, 2.45) is 0 Å². The highest BCUT2D eigenvalue weighted by molar-refractivity contribution is 5.70. The summed E-state index contributed by atoms with van der Waals surface area (Å²) in [5.41, 5.74) is 4.17. The second-order valence-corrected chi connectivity index (χ2v) is 8.82. The normalized spacial score (nSPS) is 10.9. The summed E-state index contributed by atoms with van der Waals surface area (Å²) in [6.45, 7) is 2.94. The first-order valence-corrected chi connectivity index (χ1v) is 12.2. The maximum Gasteiger partial charge on any atom is 0.308 e. The SMILES string of the molecule is Cc1oc(-c2ccccc2)nc1COc1ccc(COc2nn(Cc3ccccc3)cc2CC(=O)O)cc1. The molecular formula is C30H27N3O5. The molecule has 0 bridgehead atoms. The van der Waals surface area contributed by atoms with Crippen LogP contribution in [0.25, 0.3) is 11.5 Å². The predicted molar refractivity (Wildman–Crippen MR) is 141 cm³/mol. The zero-order valence-corrected chi connectivity index (χ0v) is 20.9. The third-order valence-corrected chi connectivity index (χ3v) is 5.92. The molecule has 0 saturated heterocycles.